The molecule has 0 saturated carbocycles. The molecule has 3 rings (SSSR count). The highest BCUT2D eigenvalue weighted by atomic mass is 35.5. The predicted octanol–water partition coefficient (Wildman–Crippen LogP) is 5.50. The highest BCUT2D eigenvalue weighted by molar-refractivity contribution is 6.34. The van der Waals surface area contributed by atoms with Crippen LogP contribution in [0.2, 0.25) is 10.0 Å². The van der Waals surface area contributed by atoms with Gasteiger partial charge in [-0.3, -0.25) is 0 Å². The van der Waals surface area contributed by atoms with E-state index in [1.807, 2.05) is 43.3 Å². The molecule has 0 unspecified atom stereocenters. The van der Waals surface area contributed by atoms with E-state index in [0.29, 0.717) is 23.3 Å². The molecule has 3 aromatic rings. The van der Waals surface area contributed by atoms with Crippen LogP contribution in [-0.2, 0) is 6.42 Å². The number of aromatic nitrogens is 2. The van der Waals surface area contributed by atoms with Crippen molar-refractivity contribution in [3.05, 3.63) is 57.8 Å². The molecule has 1 heterocycles. The molecule has 0 fully saturated rings. The van der Waals surface area contributed by atoms with Crippen LogP contribution in [0.1, 0.15) is 31.2 Å². The van der Waals surface area contributed by atoms with Gasteiger partial charge in [-0.2, -0.15) is 4.73 Å². The third-order valence-electron chi connectivity index (χ3n) is 4.11. The second-order valence-electron chi connectivity index (χ2n) is 6.11. The third kappa shape index (κ3) is 4.25. The zero-order chi connectivity index (χ0) is 18.5. The predicted molar refractivity (Wildman–Crippen MR) is 106 cm³/mol. The van der Waals surface area contributed by atoms with E-state index in [4.69, 9.17) is 32.8 Å². The van der Waals surface area contributed by atoms with Crippen molar-refractivity contribution >= 4 is 34.2 Å². The molecule has 1 aromatic heterocycles. The number of halogens is 2. The molecular formula is C20H22Cl2N2O2. The minimum atomic E-state index is 0.505. The molecule has 0 aliphatic heterocycles. The Kier molecular flexibility index (Phi) is 6.28. The lowest BCUT2D eigenvalue weighted by atomic mass is 10.1. The van der Waals surface area contributed by atoms with Crippen molar-refractivity contribution < 1.29 is 9.57 Å². The van der Waals surface area contributed by atoms with Gasteiger partial charge in [-0.25, -0.2) is 4.98 Å². The van der Waals surface area contributed by atoms with Gasteiger partial charge in [0.2, 0.25) is 0 Å². The topological polar surface area (TPSA) is 36.3 Å². The zero-order valence-corrected chi connectivity index (χ0v) is 16.5. The number of hydrogen-bond donors (Lipinski definition) is 0. The molecule has 0 radical (unpaired) electrons. The maximum atomic E-state index is 6.31. The summed E-state index contributed by atoms with van der Waals surface area (Å²) in [6.07, 6.45) is 2.85. The van der Waals surface area contributed by atoms with Gasteiger partial charge in [0.25, 0.3) is 0 Å². The second kappa shape index (κ2) is 8.65. The molecule has 0 saturated heterocycles. The van der Waals surface area contributed by atoms with Crippen LogP contribution in [0.5, 0.6) is 5.75 Å². The van der Waals surface area contributed by atoms with Crippen LogP contribution in [0, 0.1) is 6.92 Å². The number of unbranched alkanes of at least 4 members (excludes halogenated alkanes) is 1. The Balaban J connectivity index is 1.63. The van der Waals surface area contributed by atoms with Crippen LogP contribution in [0.3, 0.4) is 0 Å². The average molecular weight is 393 g/mol. The number of ether oxygens (including phenoxy) is 1. The van der Waals surface area contributed by atoms with Crippen molar-refractivity contribution in [2.45, 2.75) is 33.1 Å². The minimum Gasteiger partial charge on any atom is -0.492 e. The Bertz CT molecular complexity index is 893. The van der Waals surface area contributed by atoms with E-state index in [0.717, 1.165) is 47.4 Å². The van der Waals surface area contributed by atoms with Crippen LogP contribution in [0.25, 0.3) is 11.0 Å². The average Bonchev–Trinajstić information content (AvgIpc) is 2.94. The van der Waals surface area contributed by atoms with Gasteiger partial charge in [-0.15, -0.1) is 0 Å². The van der Waals surface area contributed by atoms with Crippen LogP contribution < -0.4 is 9.57 Å². The molecule has 0 atom stereocenters. The smallest absolute Gasteiger partial charge is 0.143 e. The fourth-order valence-corrected chi connectivity index (χ4v) is 3.19. The summed E-state index contributed by atoms with van der Waals surface area (Å²) in [4.78, 5) is 10.4. The summed E-state index contributed by atoms with van der Waals surface area (Å²) >= 11 is 12.5. The monoisotopic (exact) mass is 392 g/mol. The molecule has 4 nitrogen and oxygen atoms in total. The lowest BCUT2D eigenvalue weighted by Crippen LogP contribution is -2.15. The molecule has 26 heavy (non-hydrogen) atoms. The number of imidazole rings is 1. The first-order valence-electron chi connectivity index (χ1n) is 8.78. The quantitative estimate of drug-likeness (QED) is 0.474. The largest absolute Gasteiger partial charge is 0.492 e. The van der Waals surface area contributed by atoms with E-state index >= 15 is 0 Å². The number of para-hydroxylation sites is 1. The van der Waals surface area contributed by atoms with Crippen LogP contribution >= 0.6 is 23.2 Å². The number of fused-ring (bicyclic) bond motifs is 1. The summed E-state index contributed by atoms with van der Waals surface area (Å²) in [6.45, 7) is 5.22. The van der Waals surface area contributed by atoms with Gasteiger partial charge in [0.15, 0.2) is 0 Å². The van der Waals surface area contributed by atoms with Gasteiger partial charge in [0, 0.05) is 6.42 Å². The standard InChI is InChI=1S/C20H22Cl2N2O2/c1-3-4-11-25-19-9-8-15(13-17(19)22)10-12-26-24-14(2)23-20-16(21)6-5-7-18(20)24/h5-9,13H,3-4,10-12H2,1-2H3. The fraction of sp³-hybridized carbons (Fsp3) is 0.350. The highest BCUT2D eigenvalue weighted by Crippen LogP contribution is 2.26. The summed E-state index contributed by atoms with van der Waals surface area (Å²) in [5.41, 5.74) is 2.72. The highest BCUT2D eigenvalue weighted by Gasteiger charge is 2.11. The lowest BCUT2D eigenvalue weighted by molar-refractivity contribution is 0.117. The summed E-state index contributed by atoms with van der Waals surface area (Å²) < 4.78 is 7.41. The summed E-state index contributed by atoms with van der Waals surface area (Å²) in [6, 6.07) is 11.5. The van der Waals surface area contributed by atoms with E-state index in [1.165, 1.54) is 0 Å². The van der Waals surface area contributed by atoms with E-state index in [1.54, 1.807) is 4.73 Å². The maximum absolute atomic E-state index is 6.31. The SMILES string of the molecule is CCCCOc1ccc(CCOn2c(C)nc3c(Cl)cccc32)cc1Cl. The zero-order valence-electron chi connectivity index (χ0n) is 15.0. The number of aryl methyl sites for hydroxylation is 1. The van der Waals surface area contributed by atoms with E-state index < -0.39 is 0 Å². The Morgan fingerprint density at radius 2 is 1.92 bits per heavy atom. The molecule has 0 bridgehead atoms. The van der Waals surface area contributed by atoms with Gasteiger partial charge >= 0.3 is 0 Å². The second-order valence-corrected chi connectivity index (χ2v) is 6.93. The fourth-order valence-electron chi connectivity index (χ4n) is 2.72. The molecule has 2 aromatic carbocycles. The van der Waals surface area contributed by atoms with E-state index in [-0.39, 0.29) is 0 Å². The summed E-state index contributed by atoms with van der Waals surface area (Å²) in [7, 11) is 0. The molecule has 6 heteroatoms. The third-order valence-corrected chi connectivity index (χ3v) is 4.72. The van der Waals surface area contributed by atoms with Gasteiger partial charge in [-0.1, -0.05) is 48.7 Å². The van der Waals surface area contributed by atoms with E-state index in [2.05, 4.69) is 11.9 Å². The lowest BCUT2D eigenvalue weighted by Gasteiger charge is -2.11. The molecule has 138 valence electrons. The van der Waals surface area contributed by atoms with Gasteiger partial charge in [-0.05, 0) is 43.2 Å². The Labute approximate surface area is 163 Å². The van der Waals surface area contributed by atoms with Crippen molar-refractivity contribution in [3.63, 3.8) is 0 Å². The molecular weight excluding hydrogens is 371 g/mol. The van der Waals surface area contributed by atoms with Crippen molar-refractivity contribution in [1.82, 2.24) is 9.71 Å². The molecule has 0 spiro atoms. The molecule has 0 N–H and O–H groups in total. The first-order chi connectivity index (χ1) is 12.6. The Hall–Kier alpha value is -1.91. The van der Waals surface area contributed by atoms with Gasteiger partial charge in [0.1, 0.15) is 29.2 Å². The molecule has 0 aliphatic rings. The van der Waals surface area contributed by atoms with Gasteiger partial charge < -0.3 is 9.57 Å². The van der Waals surface area contributed by atoms with Crippen molar-refractivity contribution in [2.24, 2.45) is 0 Å². The van der Waals surface area contributed by atoms with Crippen molar-refractivity contribution in [3.8, 4) is 5.75 Å². The van der Waals surface area contributed by atoms with Crippen molar-refractivity contribution in [2.75, 3.05) is 13.2 Å². The first-order valence-corrected chi connectivity index (χ1v) is 9.54. The number of nitrogens with zero attached hydrogens (tertiary/aromatic N) is 2. The maximum Gasteiger partial charge on any atom is 0.143 e. The molecule has 0 amide bonds. The van der Waals surface area contributed by atoms with Crippen LogP contribution in [-0.4, -0.2) is 22.9 Å². The number of benzene rings is 2. The van der Waals surface area contributed by atoms with Crippen molar-refractivity contribution in [1.29, 1.82) is 0 Å². The number of rotatable bonds is 8. The minimum absolute atomic E-state index is 0.505. The van der Waals surface area contributed by atoms with Gasteiger partial charge in [0.05, 0.1) is 16.7 Å². The molecule has 0 aliphatic carbocycles. The normalized spacial score (nSPS) is 11.1. The van der Waals surface area contributed by atoms with E-state index in [9.17, 15) is 0 Å². The Morgan fingerprint density at radius 3 is 2.69 bits per heavy atom. The first kappa shape index (κ1) is 18.9. The summed E-state index contributed by atoms with van der Waals surface area (Å²) in [5, 5.41) is 1.26. The summed E-state index contributed by atoms with van der Waals surface area (Å²) in [5.74, 6) is 1.50. The Morgan fingerprint density at radius 1 is 1.08 bits per heavy atom. The van der Waals surface area contributed by atoms with Crippen LogP contribution in [0.15, 0.2) is 36.4 Å². The number of hydrogen-bond acceptors (Lipinski definition) is 3. The van der Waals surface area contributed by atoms with Crippen LogP contribution in [0.4, 0.5) is 0 Å².